The van der Waals surface area contributed by atoms with Crippen molar-refractivity contribution in [2.45, 2.75) is 12.1 Å². The molecule has 0 unspecified atom stereocenters. The Labute approximate surface area is 178 Å². The summed E-state index contributed by atoms with van der Waals surface area (Å²) in [7, 11) is 0. The Hall–Kier alpha value is -3.65. The first-order chi connectivity index (χ1) is 14.7. The van der Waals surface area contributed by atoms with E-state index in [0.717, 1.165) is 28.1 Å². The summed E-state index contributed by atoms with van der Waals surface area (Å²) in [6.07, 6.45) is 5.19. The van der Waals surface area contributed by atoms with Gasteiger partial charge in [-0.05, 0) is 30.7 Å². The standard InChI is InChI=1S/C22H20N6OS/c1-16-7-9-18(10-8-16)25-26-21(29)14-30-22-27-24-15-28(22)20-11-12-23-13-19(20)17-5-3-2-4-6-17/h2-13,15,25H,14H2,1H3,(H,26,29). The fourth-order valence-corrected chi connectivity index (χ4v) is 3.59. The van der Waals surface area contributed by atoms with Gasteiger partial charge in [0.2, 0.25) is 5.91 Å². The molecule has 0 aliphatic carbocycles. The van der Waals surface area contributed by atoms with Crippen LogP contribution in [-0.2, 0) is 4.79 Å². The molecule has 2 aromatic carbocycles. The van der Waals surface area contributed by atoms with Gasteiger partial charge in [-0.15, -0.1) is 10.2 Å². The maximum absolute atomic E-state index is 12.3. The van der Waals surface area contributed by atoms with Crippen LogP contribution in [0.5, 0.6) is 0 Å². The van der Waals surface area contributed by atoms with Crippen molar-refractivity contribution in [3.63, 3.8) is 0 Å². The van der Waals surface area contributed by atoms with E-state index in [2.05, 4.69) is 26.0 Å². The van der Waals surface area contributed by atoms with Crippen molar-refractivity contribution in [1.29, 1.82) is 0 Å². The van der Waals surface area contributed by atoms with Gasteiger partial charge in [-0.25, -0.2) is 0 Å². The van der Waals surface area contributed by atoms with Gasteiger partial charge in [0.05, 0.1) is 17.1 Å². The lowest BCUT2D eigenvalue weighted by molar-refractivity contribution is -0.118. The number of aromatic nitrogens is 4. The Morgan fingerprint density at radius 1 is 1.07 bits per heavy atom. The summed E-state index contributed by atoms with van der Waals surface area (Å²) < 4.78 is 1.87. The van der Waals surface area contributed by atoms with Crippen LogP contribution in [0.25, 0.3) is 16.8 Å². The number of hydrogen-bond donors (Lipinski definition) is 2. The van der Waals surface area contributed by atoms with Crippen LogP contribution in [-0.4, -0.2) is 31.4 Å². The Kier molecular flexibility index (Phi) is 6.05. The van der Waals surface area contributed by atoms with Crippen LogP contribution in [0.15, 0.2) is 84.5 Å². The normalized spacial score (nSPS) is 10.6. The molecule has 30 heavy (non-hydrogen) atoms. The van der Waals surface area contributed by atoms with E-state index in [1.54, 1.807) is 12.5 Å². The van der Waals surface area contributed by atoms with Gasteiger partial charge in [-0.3, -0.25) is 25.2 Å². The number of carbonyl (C=O) groups is 1. The fourth-order valence-electron chi connectivity index (χ4n) is 2.87. The highest BCUT2D eigenvalue weighted by molar-refractivity contribution is 7.99. The third-order valence-electron chi connectivity index (χ3n) is 4.39. The lowest BCUT2D eigenvalue weighted by Gasteiger charge is -2.12. The average Bonchev–Trinajstić information content (AvgIpc) is 3.26. The van der Waals surface area contributed by atoms with E-state index < -0.39 is 0 Å². The molecule has 0 saturated heterocycles. The van der Waals surface area contributed by atoms with Gasteiger partial charge >= 0.3 is 0 Å². The van der Waals surface area contributed by atoms with Gasteiger partial charge in [0.15, 0.2) is 5.16 Å². The minimum absolute atomic E-state index is 0.159. The summed E-state index contributed by atoms with van der Waals surface area (Å²) in [4.78, 5) is 16.5. The zero-order chi connectivity index (χ0) is 20.8. The highest BCUT2D eigenvalue weighted by atomic mass is 32.2. The summed E-state index contributed by atoms with van der Waals surface area (Å²) in [5.41, 5.74) is 10.5. The molecule has 0 fully saturated rings. The second kappa shape index (κ2) is 9.23. The zero-order valence-electron chi connectivity index (χ0n) is 16.3. The SMILES string of the molecule is Cc1ccc(NNC(=O)CSc2nncn2-c2ccncc2-c2ccccc2)cc1. The van der Waals surface area contributed by atoms with E-state index in [0.29, 0.717) is 5.16 Å². The van der Waals surface area contributed by atoms with Crippen LogP contribution < -0.4 is 10.9 Å². The molecular formula is C22H20N6OS. The van der Waals surface area contributed by atoms with Gasteiger partial charge in [0, 0.05) is 18.0 Å². The van der Waals surface area contributed by atoms with Gasteiger partial charge in [0.1, 0.15) is 6.33 Å². The first-order valence-corrected chi connectivity index (χ1v) is 10.3. The van der Waals surface area contributed by atoms with E-state index >= 15 is 0 Å². The number of amides is 1. The number of hydrogen-bond acceptors (Lipinski definition) is 6. The maximum Gasteiger partial charge on any atom is 0.248 e. The third-order valence-corrected chi connectivity index (χ3v) is 5.33. The molecule has 0 saturated carbocycles. The van der Waals surface area contributed by atoms with Gasteiger partial charge in [-0.2, -0.15) is 0 Å². The predicted octanol–water partition coefficient (Wildman–Crippen LogP) is 3.87. The number of pyridine rings is 1. The van der Waals surface area contributed by atoms with Gasteiger partial charge in [-0.1, -0.05) is 59.8 Å². The number of nitrogens with zero attached hydrogens (tertiary/aromatic N) is 4. The molecule has 0 aliphatic rings. The molecule has 0 radical (unpaired) electrons. The number of aryl methyl sites for hydroxylation is 1. The predicted molar refractivity (Wildman–Crippen MR) is 118 cm³/mol. The lowest BCUT2D eigenvalue weighted by atomic mass is 10.1. The highest BCUT2D eigenvalue weighted by Gasteiger charge is 2.14. The smallest absolute Gasteiger partial charge is 0.248 e. The number of nitrogens with one attached hydrogen (secondary N) is 2. The summed E-state index contributed by atoms with van der Waals surface area (Å²) in [6.45, 7) is 2.02. The number of thioether (sulfide) groups is 1. The van der Waals surface area contributed by atoms with E-state index in [1.165, 1.54) is 11.8 Å². The maximum atomic E-state index is 12.3. The van der Waals surface area contributed by atoms with Crippen LogP contribution >= 0.6 is 11.8 Å². The van der Waals surface area contributed by atoms with Crippen LogP contribution in [0, 0.1) is 6.92 Å². The lowest BCUT2D eigenvalue weighted by Crippen LogP contribution is -2.30. The van der Waals surface area contributed by atoms with E-state index in [9.17, 15) is 4.79 Å². The largest absolute Gasteiger partial charge is 0.299 e. The molecule has 2 heterocycles. The van der Waals surface area contributed by atoms with Crippen LogP contribution in [0.2, 0.25) is 0 Å². The van der Waals surface area contributed by atoms with Crippen molar-refractivity contribution in [2.24, 2.45) is 0 Å². The molecule has 8 heteroatoms. The summed E-state index contributed by atoms with van der Waals surface area (Å²) in [6, 6.07) is 19.7. The molecule has 4 aromatic rings. The second-order valence-corrected chi connectivity index (χ2v) is 7.51. The number of anilines is 1. The van der Waals surface area contributed by atoms with Crippen LogP contribution in [0.4, 0.5) is 5.69 Å². The summed E-state index contributed by atoms with van der Waals surface area (Å²) >= 11 is 1.32. The highest BCUT2D eigenvalue weighted by Crippen LogP contribution is 2.28. The minimum atomic E-state index is -0.159. The van der Waals surface area contributed by atoms with E-state index in [1.807, 2.05) is 78.4 Å². The first-order valence-electron chi connectivity index (χ1n) is 9.35. The van der Waals surface area contributed by atoms with Crippen molar-refractivity contribution >= 4 is 23.4 Å². The monoisotopic (exact) mass is 416 g/mol. The number of hydrazine groups is 1. The molecular weight excluding hydrogens is 396 g/mol. The summed E-state index contributed by atoms with van der Waals surface area (Å²) in [5.74, 6) is 0.0386. The van der Waals surface area contributed by atoms with Crippen molar-refractivity contribution in [3.05, 3.63) is 84.9 Å². The topological polar surface area (TPSA) is 84.7 Å². The van der Waals surface area contributed by atoms with Crippen molar-refractivity contribution in [2.75, 3.05) is 11.2 Å². The average molecular weight is 417 g/mol. The van der Waals surface area contributed by atoms with Crippen molar-refractivity contribution < 1.29 is 4.79 Å². The molecule has 150 valence electrons. The molecule has 7 nitrogen and oxygen atoms in total. The van der Waals surface area contributed by atoms with E-state index in [-0.39, 0.29) is 11.7 Å². The van der Waals surface area contributed by atoms with Gasteiger partial charge < -0.3 is 0 Å². The Balaban J connectivity index is 1.44. The van der Waals surface area contributed by atoms with Crippen molar-refractivity contribution in [3.8, 4) is 16.8 Å². The Morgan fingerprint density at radius 3 is 2.67 bits per heavy atom. The molecule has 1 amide bonds. The molecule has 0 aliphatic heterocycles. The molecule has 2 N–H and O–H groups in total. The third kappa shape index (κ3) is 4.66. The fraction of sp³-hybridized carbons (Fsp3) is 0.0909. The molecule has 2 aromatic heterocycles. The van der Waals surface area contributed by atoms with Crippen molar-refractivity contribution in [1.82, 2.24) is 25.2 Å². The molecule has 4 rings (SSSR count). The number of rotatable bonds is 7. The number of benzene rings is 2. The minimum Gasteiger partial charge on any atom is -0.299 e. The van der Waals surface area contributed by atoms with Crippen LogP contribution in [0.1, 0.15) is 5.56 Å². The first kappa shape index (κ1) is 19.7. The number of carbonyl (C=O) groups excluding carboxylic acids is 1. The molecule has 0 spiro atoms. The quantitative estimate of drug-likeness (QED) is 0.351. The Morgan fingerprint density at radius 2 is 1.87 bits per heavy atom. The van der Waals surface area contributed by atoms with Gasteiger partial charge in [0.25, 0.3) is 0 Å². The molecule has 0 bridgehead atoms. The molecule has 0 atom stereocenters. The summed E-state index contributed by atoms with van der Waals surface area (Å²) in [5, 5.41) is 8.85. The zero-order valence-corrected chi connectivity index (χ0v) is 17.1. The Bertz CT molecular complexity index is 1130. The second-order valence-electron chi connectivity index (χ2n) is 6.57. The van der Waals surface area contributed by atoms with Crippen LogP contribution in [0.3, 0.4) is 0 Å². The van der Waals surface area contributed by atoms with E-state index in [4.69, 9.17) is 0 Å².